The van der Waals surface area contributed by atoms with E-state index >= 15 is 0 Å². The van der Waals surface area contributed by atoms with Gasteiger partial charge in [-0.3, -0.25) is 4.79 Å². The van der Waals surface area contributed by atoms with Gasteiger partial charge in [0.15, 0.2) is 0 Å². The van der Waals surface area contributed by atoms with Crippen molar-refractivity contribution in [2.45, 2.75) is 19.8 Å². The van der Waals surface area contributed by atoms with Crippen molar-refractivity contribution < 1.29 is 9.59 Å². The first-order valence-electron chi connectivity index (χ1n) is 6.10. The molecule has 0 spiro atoms. The zero-order chi connectivity index (χ0) is 13.1. The molecule has 1 aromatic carbocycles. The SMILES string of the molecule is CCCC1CNC(=O)N(c2ccc(N)cc2)C1=O. The van der Waals surface area contributed by atoms with Crippen molar-refractivity contribution in [1.82, 2.24) is 5.32 Å². The molecular formula is C13H17N3O2. The molecular weight excluding hydrogens is 230 g/mol. The van der Waals surface area contributed by atoms with Crippen molar-refractivity contribution >= 4 is 23.3 Å². The van der Waals surface area contributed by atoms with Crippen molar-refractivity contribution in [2.75, 3.05) is 17.2 Å². The number of nitrogen functional groups attached to an aromatic ring is 1. The fourth-order valence-electron chi connectivity index (χ4n) is 2.10. The Kier molecular flexibility index (Phi) is 3.50. The van der Waals surface area contributed by atoms with E-state index in [1.54, 1.807) is 24.3 Å². The zero-order valence-electron chi connectivity index (χ0n) is 10.3. The highest BCUT2D eigenvalue weighted by Crippen LogP contribution is 2.23. The van der Waals surface area contributed by atoms with E-state index in [1.165, 1.54) is 4.90 Å². The zero-order valence-corrected chi connectivity index (χ0v) is 10.3. The van der Waals surface area contributed by atoms with Gasteiger partial charge in [-0.2, -0.15) is 0 Å². The summed E-state index contributed by atoms with van der Waals surface area (Å²) in [5.74, 6) is -0.268. The molecule has 0 saturated carbocycles. The van der Waals surface area contributed by atoms with Crippen LogP contribution in [0.15, 0.2) is 24.3 Å². The lowest BCUT2D eigenvalue weighted by Crippen LogP contribution is -2.55. The van der Waals surface area contributed by atoms with Crippen LogP contribution in [0, 0.1) is 5.92 Å². The van der Waals surface area contributed by atoms with Gasteiger partial charge in [-0.1, -0.05) is 13.3 Å². The maximum absolute atomic E-state index is 12.2. The Balaban J connectivity index is 2.26. The molecule has 5 nitrogen and oxygen atoms in total. The first-order chi connectivity index (χ1) is 8.63. The van der Waals surface area contributed by atoms with Crippen LogP contribution < -0.4 is 16.0 Å². The van der Waals surface area contributed by atoms with E-state index in [0.29, 0.717) is 17.9 Å². The summed E-state index contributed by atoms with van der Waals surface area (Å²) >= 11 is 0. The van der Waals surface area contributed by atoms with Gasteiger partial charge >= 0.3 is 6.03 Å². The number of amides is 3. The topological polar surface area (TPSA) is 75.4 Å². The third kappa shape index (κ3) is 2.30. The first-order valence-corrected chi connectivity index (χ1v) is 6.10. The van der Waals surface area contributed by atoms with Crippen LogP contribution in [0.4, 0.5) is 16.2 Å². The number of carbonyl (C=O) groups is 2. The predicted octanol–water partition coefficient (Wildman–Crippen LogP) is 1.74. The Morgan fingerprint density at radius 1 is 1.33 bits per heavy atom. The lowest BCUT2D eigenvalue weighted by Gasteiger charge is -2.31. The summed E-state index contributed by atoms with van der Waals surface area (Å²) in [5, 5.41) is 2.75. The highest BCUT2D eigenvalue weighted by Gasteiger charge is 2.34. The van der Waals surface area contributed by atoms with E-state index in [2.05, 4.69) is 5.32 Å². The van der Waals surface area contributed by atoms with Crippen molar-refractivity contribution in [2.24, 2.45) is 5.92 Å². The Hall–Kier alpha value is -2.04. The highest BCUT2D eigenvalue weighted by atomic mass is 16.2. The number of nitrogens with one attached hydrogen (secondary N) is 1. The van der Waals surface area contributed by atoms with Crippen LogP contribution in [0.1, 0.15) is 19.8 Å². The van der Waals surface area contributed by atoms with Gasteiger partial charge in [0.05, 0.1) is 11.6 Å². The van der Waals surface area contributed by atoms with Gasteiger partial charge in [0, 0.05) is 12.2 Å². The minimum atomic E-state index is -0.364. The number of imide groups is 1. The first kappa shape index (κ1) is 12.4. The second-order valence-electron chi connectivity index (χ2n) is 4.44. The van der Waals surface area contributed by atoms with Gasteiger partial charge in [0.25, 0.3) is 0 Å². The van der Waals surface area contributed by atoms with Gasteiger partial charge in [0.2, 0.25) is 5.91 Å². The third-order valence-corrected chi connectivity index (χ3v) is 3.06. The quantitative estimate of drug-likeness (QED) is 0.799. The molecule has 1 heterocycles. The second kappa shape index (κ2) is 5.08. The minimum Gasteiger partial charge on any atom is -0.399 e. The molecule has 18 heavy (non-hydrogen) atoms. The molecule has 1 aliphatic heterocycles. The monoisotopic (exact) mass is 247 g/mol. The molecule has 1 fully saturated rings. The van der Waals surface area contributed by atoms with Gasteiger partial charge in [-0.25, -0.2) is 9.69 Å². The van der Waals surface area contributed by atoms with Crippen LogP contribution in [0.3, 0.4) is 0 Å². The van der Waals surface area contributed by atoms with Crippen molar-refractivity contribution in [3.63, 3.8) is 0 Å². The maximum atomic E-state index is 12.2. The third-order valence-electron chi connectivity index (χ3n) is 3.06. The van der Waals surface area contributed by atoms with E-state index in [4.69, 9.17) is 5.73 Å². The van der Waals surface area contributed by atoms with Crippen LogP contribution in [0.2, 0.25) is 0 Å². The summed E-state index contributed by atoms with van der Waals surface area (Å²) in [6.45, 7) is 2.45. The molecule has 0 bridgehead atoms. The van der Waals surface area contributed by atoms with Gasteiger partial charge < -0.3 is 11.1 Å². The predicted molar refractivity (Wildman–Crippen MR) is 70.1 cm³/mol. The summed E-state index contributed by atoms with van der Waals surface area (Å²) in [6, 6.07) is 6.36. The second-order valence-corrected chi connectivity index (χ2v) is 4.44. The van der Waals surface area contributed by atoms with Crippen molar-refractivity contribution in [3.05, 3.63) is 24.3 Å². The van der Waals surface area contributed by atoms with Crippen LogP contribution >= 0.6 is 0 Å². The molecule has 2 rings (SSSR count). The van der Waals surface area contributed by atoms with Crippen LogP contribution in [0.25, 0.3) is 0 Å². The Morgan fingerprint density at radius 3 is 2.61 bits per heavy atom. The van der Waals surface area contributed by atoms with E-state index in [9.17, 15) is 9.59 Å². The molecule has 1 unspecified atom stereocenters. The molecule has 0 aromatic heterocycles. The number of hydrogen-bond donors (Lipinski definition) is 2. The highest BCUT2D eigenvalue weighted by molar-refractivity contribution is 6.16. The molecule has 5 heteroatoms. The lowest BCUT2D eigenvalue weighted by atomic mass is 10.00. The number of nitrogens with two attached hydrogens (primary N) is 1. The van der Waals surface area contributed by atoms with Crippen LogP contribution in [-0.4, -0.2) is 18.5 Å². The normalized spacial score (nSPS) is 19.8. The average molecular weight is 247 g/mol. The molecule has 0 aliphatic carbocycles. The fraction of sp³-hybridized carbons (Fsp3) is 0.385. The number of rotatable bonds is 3. The van der Waals surface area contributed by atoms with Crippen molar-refractivity contribution in [3.8, 4) is 0 Å². The molecule has 1 aliphatic rings. The number of anilines is 2. The standard InChI is InChI=1S/C13H17N3O2/c1-2-3-9-8-15-13(18)16(12(9)17)11-6-4-10(14)5-7-11/h4-7,9H,2-3,8,14H2,1H3,(H,15,18). The Bertz CT molecular complexity index is 456. The van der Waals surface area contributed by atoms with E-state index in [1.807, 2.05) is 6.92 Å². The molecule has 1 saturated heterocycles. The molecule has 1 aromatic rings. The molecule has 96 valence electrons. The number of carbonyl (C=O) groups excluding carboxylic acids is 2. The van der Waals surface area contributed by atoms with Gasteiger partial charge in [0.1, 0.15) is 0 Å². The number of benzene rings is 1. The van der Waals surface area contributed by atoms with Crippen LogP contribution in [-0.2, 0) is 4.79 Å². The smallest absolute Gasteiger partial charge is 0.328 e. The van der Waals surface area contributed by atoms with E-state index in [-0.39, 0.29) is 17.9 Å². The van der Waals surface area contributed by atoms with Crippen LogP contribution in [0.5, 0.6) is 0 Å². The van der Waals surface area contributed by atoms with Gasteiger partial charge in [-0.05, 0) is 30.7 Å². The Labute approximate surface area is 106 Å². The minimum absolute atomic E-state index is 0.134. The average Bonchev–Trinajstić information content (AvgIpc) is 2.35. The lowest BCUT2D eigenvalue weighted by molar-refractivity contribution is -0.122. The molecule has 0 radical (unpaired) electrons. The number of nitrogens with zero attached hydrogens (tertiary/aromatic N) is 1. The summed E-state index contributed by atoms with van der Waals surface area (Å²) in [6.07, 6.45) is 1.70. The molecule has 3 N–H and O–H groups in total. The summed E-state index contributed by atoms with van der Waals surface area (Å²) in [5.41, 5.74) is 6.76. The fourth-order valence-corrected chi connectivity index (χ4v) is 2.10. The van der Waals surface area contributed by atoms with E-state index in [0.717, 1.165) is 12.8 Å². The summed E-state index contributed by atoms with van der Waals surface area (Å²) < 4.78 is 0. The largest absolute Gasteiger partial charge is 0.399 e. The van der Waals surface area contributed by atoms with Gasteiger partial charge in [-0.15, -0.1) is 0 Å². The van der Waals surface area contributed by atoms with Crippen molar-refractivity contribution in [1.29, 1.82) is 0 Å². The summed E-state index contributed by atoms with van der Waals surface area (Å²) in [7, 11) is 0. The maximum Gasteiger partial charge on any atom is 0.328 e. The molecule has 1 atom stereocenters. The van der Waals surface area contributed by atoms with E-state index < -0.39 is 0 Å². The number of hydrogen-bond acceptors (Lipinski definition) is 3. The number of urea groups is 1. The summed E-state index contributed by atoms with van der Waals surface area (Å²) in [4.78, 5) is 25.2. The Morgan fingerprint density at radius 2 is 2.00 bits per heavy atom. The molecule has 3 amide bonds.